The van der Waals surface area contributed by atoms with Crippen LogP contribution in [0, 0.1) is 29.1 Å². The quantitative estimate of drug-likeness (QED) is 0.617. The lowest BCUT2D eigenvalue weighted by atomic mass is 9.42. The third kappa shape index (κ3) is 1.74. The molecule has 3 aliphatic rings. The molecule has 0 N–H and O–H groups in total. The van der Waals surface area contributed by atoms with Crippen molar-refractivity contribution in [3.05, 3.63) is 0 Å². The van der Waals surface area contributed by atoms with E-state index in [-0.39, 0.29) is 0 Å². The van der Waals surface area contributed by atoms with E-state index in [1.807, 2.05) is 0 Å². The number of fused-ring (bicyclic) bond motifs is 2. The van der Waals surface area contributed by atoms with Crippen LogP contribution in [0.2, 0.25) is 0 Å². The molecule has 3 rings (SSSR count). The summed E-state index contributed by atoms with van der Waals surface area (Å²) in [6.45, 7) is 9.69. The monoisotopic (exact) mass is 208 g/mol. The molecule has 0 heterocycles. The summed E-state index contributed by atoms with van der Waals surface area (Å²) in [6, 6.07) is 0. The van der Waals surface area contributed by atoms with Gasteiger partial charge >= 0.3 is 0 Å². The molecule has 4 atom stereocenters. The zero-order valence-corrected chi connectivity index (χ0v) is 11.1. The van der Waals surface area contributed by atoms with E-state index in [0.29, 0.717) is 0 Å². The molecule has 4 unspecified atom stereocenters. The van der Waals surface area contributed by atoms with Gasteiger partial charge in [-0.05, 0) is 48.3 Å². The molecular formula is C15H28. The molecule has 88 valence electrons. The molecule has 0 amide bonds. The smallest absolute Gasteiger partial charge is 0.0238 e. The van der Waals surface area contributed by atoms with Gasteiger partial charge in [0.1, 0.15) is 0 Å². The molecule has 0 nitrogen and oxygen atoms in total. The van der Waals surface area contributed by atoms with Gasteiger partial charge in [-0.3, -0.25) is 0 Å². The lowest BCUT2D eigenvalue weighted by Crippen LogP contribution is -2.55. The van der Waals surface area contributed by atoms with Gasteiger partial charge in [-0.2, -0.15) is 0 Å². The summed E-state index contributed by atoms with van der Waals surface area (Å²) >= 11 is 0. The summed E-state index contributed by atoms with van der Waals surface area (Å²) in [4.78, 5) is 0. The summed E-state index contributed by atoms with van der Waals surface area (Å²) in [5.41, 5.74) is 0.780. The van der Waals surface area contributed by atoms with Gasteiger partial charge in [-0.1, -0.05) is 47.0 Å². The van der Waals surface area contributed by atoms with Crippen LogP contribution in [0.5, 0.6) is 0 Å². The summed E-state index contributed by atoms with van der Waals surface area (Å²) in [6.07, 6.45) is 9.05. The third-order valence-corrected chi connectivity index (χ3v) is 5.49. The van der Waals surface area contributed by atoms with Crippen molar-refractivity contribution >= 4 is 0 Å². The Balaban J connectivity index is 2.08. The van der Waals surface area contributed by atoms with Crippen LogP contribution >= 0.6 is 0 Å². The maximum Gasteiger partial charge on any atom is -0.0238 e. The molecule has 0 aromatic rings. The molecular weight excluding hydrogens is 180 g/mol. The Morgan fingerprint density at radius 3 is 2.53 bits per heavy atom. The molecule has 2 bridgehead atoms. The van der Waals surface area contributed by atoms with Crippen LogP contribution in [-0.2, 0) is 0 Å². The van der Waals surface area contributed by atoms with Crippen molar-refractivity contribution in [2.24, 2.45) is 29.1 Å². The van der Waals surface area contributed by atoms with Crippen LogP contribution in [0.25, 0.3) is 0 Å². The first-order valence-electron chi connectivity index (χ1n) is 7.10. The Kier molecular flexibility index (Phi) is 3.14. The van der Waals surface area contributed by atoms with Gasteiger partial charge in [-0.15, -0.1) is 0 Å². The molecule has 0 aromatic heterocycles. The van der Waals surface area contributed by atoms with Gasteiger partial charge in [0.25, 0.3) is 0 Å². The van der Waals surface area contributed by atoms with E-state index in [4.69, 9.17) is 0 Å². The lowest BCUT2D eigenvalue weighted by molar-refractivity contribution is -0.137. The first-order chi connectivity index (χ1) is 7.10. The minimum atomic E-state index is 0.780. The van der Waals surface area contributed by atoms with E-state index in [2.05, 4.69) is 27.7 Å². The van der Waals surface area contributed by atoms with Gasteiger partial charge in [0.05, 0.1) is 0 Å². The van der Waals surface area contributed by atoms with E-state index in [9.17, 15) is 0 Å². The van der Waals surface area contributed by atoms with E-state index in [0.717, 1.165) is 29.1 Å². The van der Waals surface area contributed by atoms with Crippen molar-refractivity contribution in [1.29, 1.82) is 0 Å². The van der Waals surface area contributed by atoms with E-state index in [1.165, 1.54) is 32.1 Å². The number of rotatable bonds is 4. The standard InChI is InChI=1S/C15H28/c1-5-12(4)15-8-6-7-13(10-15)14(15)9-11(2)3/h11-14H,5-10H2,1-4H3. The van der Waals surface area contributed by atoms with Crippen LogP contribution in [0.15, 0.2) is 0 Å². The second-order valence-electron chi connectivity index (χ2n) is 6.63. The SMILES string of the molecule is CCC(C)C12CCCC(C1)C2CC(C)C. The van der Waals surface area contributed by atoms with Crippen molar-refractivity contribution in [3.63, 3.8) is 0 Å². The minimum absolute atomic E-state index is 0.780. The highest BCUT2D eigenvalue weighted by atomic mass is 14.6. The van der Waals surface area contributed by atoms with Gasteiger partial charge < -0.3 is 0 Å². The highest BCUT2D eigenvalue weighted by Crippen LogP contribution is 2.65. The van der Waals surface area contributed by atoms with E-state index < -0.39 is 0 Å². The Morgan fingerprint density at radius 1 is 1.27 bits per heavy atom. The van der Waals surface area contributed by atoms with Crippen LogP contribution in [0.3, 0.4) is 0 Å². The highest BCUT2D eigenvalue weighted by molar-refractivity contribution is 5.06. The fourth-order valence-corrected chi connectivity index (χ4v) is 4.53. The number of hydrogen-bond acceptors (Lipinski definition) is 0. The van der Waals surface area contributed by atoms with Crippen LogP contribution in [-0.4, -0.2) is 0 Å². The Hall–Kier alpha value is 0. The largest absolute Gasteiger partial charge is 0.0651 e. The van der Waals surface area contributed by atoms with Crippen molar-refractivity contribution in [2.45, 2.75) is 66.2 Å². The molecule has 0 saturated heterocycles. The normalized spacial score (nSPS) is 41.4. The molecule has 0 aliphatic heterocycles. The van der Waals surface area contributed by atoms with Crippen molar-refractivity contribution in [1.82, 2.24) is 0 Å². The second-order valence-corrected chi connectivity index (χ2v) is 6.63. The fraction of sp³-hybridized carbons (Fsp3) is 1.00. The van der Waals surface area contributed by atoms with Crippen molar-refractivity contribution in [2.75, 3.05) is 0 Å². The van der Waals surface area contributed by atoms with Crippen LogP contribution in [0.1, 0.15) is 66.2 Å². The van der Waals surface area contributed by atoms with Crippen LogP contribution < -0.4 is 0 Å². The van der Waals surface area contributed by atoms with Gasteiger partial charge in [-0.25, -0.2) is 0 Å². The van der Waals surface area contributed by atoms with Gasteiger partial charge in [0.15, 0.2) is 0 Å². The molecule has 3 saturated carbocycles. The summed E-state index contributed by atoms with van der Waals surface area (Å²) < 4.78 is 0. The predicted molar refractivity (Wildman–Crippen MR) is 66.8 cm³/mol. The van der Waals surface area contributed by atoms with Gasteiger partial charge in [0.2, 0.25) is 0 Å². The molecule has 0 heteroatoms. The average Bonchev–Trinajstić information content (AvgIpc) is 2.25. The molecule has 15 heavy (non-hydrogen) atoms. The van der Waals surface area contributed by atoms with Crippen LogP contribution in [0.4, 0.5) is 0 Å². The number of hydrogen-bond donors (Lipinski definition) is 0. The lowest BCUT2D eigenvalue weighted by Gasteiger charge is -2.63. The zero-order valence-electron chi connectivity index (χ0n) is 11.1. The molecule has 3 fully saturated rings. The third-order valence-electron chi connectivity index (χ3n) is 5.49. The summed E-state index contributed by atoms with van der Waals surface area (Å²) in [7, 11) is 0. The maximum atomic E-state index is 2.51. The Bertz CT molecular complexity index is 214. The zero-order chi connectivity index (χ0) is 11.1. The summed E-state index contributed by atoms with van der Waals surface area (Å²) in [5, 5.41) is 0. The second kappa shape index (κ2) is 4.11. The maximum absolute atomic E-state index is 2.51. The average molecular weight is 208 g/mol. The van der Waals surface area contributed by atoms with E-state index in [1.54, 1.807) is 6.42 Å². The molecule has 0 radical (unpaired) electrons. The summed E-state index contributed by atoms with van der Waals surface area (Å²) in [5.74, 6) is 4.06. The van der Waals surface area contributed by atoms with Gasteiger partial charge in [0, 0.05) is 0 Å². The van der Waals surface area contributed by atoms with E-state index >= 15 is 0 Å². The molecule has 3 aliphatic carbocycles. The Labute approximate surface area is 95.8 Å². The first kappa shape index (κ1) is 11.5. The Morgan fingerprint density at radius 2 is 2.00 bits per heavy atom. The first-order valence-corrected chi connectivity index (χ1v) is 7.10. The highest BCUT2D eigenvalue weighted by Gasteiger charge is 2.57. The predicted octanol–water partition coefficient (Wildman–Crippen LogP) is 4.89. The topological polar surface area (TPSA) is 0 Å². The minimum Gasteiger partial charge on any atom is -0.0651 e. The molecule has 0 aromatic carbocycles. The fourth-order valence-electron chi connectivity index (χ4n) is 4.53. The van der Waals surface area contributed by atoms with Crippen molar-refractivity contribution < 1.29 is 0 Å². The molecule has 0 spiro atoms. The van der Waals surface area contributed by atoms with Crippen molar-refractivity contribution in [3.8, 4) is 0 Å².